The molecule has 0 fully saturated rings. The van der Waals surface area contributed by atoms with E-state index in [1.54, 1.807) is 16.2 Å². The van der Waals surface area contributed by atoms with Gasteiger partial charge in [-0.15, -0.1) is 0 Å². The number of hydrogen-bond acceptors (Lipinski definition) is 2. The van der Waals surface area contributed by atoms with Gasteiger partial charge in [0.15, 0.2) is 5.78 Å². The zero-order chi connectivity index (χ0) is 16.7. The van der Waals surface area contributed by atoms with Gasteiger partial charge in [-0.2, -0.15) is 0 Å². The molecule has 0 atom stereocenters. The predicted octanol–water partition coefficient (Wildman–Crippen LogP) is 3.10. The third kappa shape index (κ3) is 2.39. The minimum Gasteiger partial charge on any atom is -0.295 e. The van der Waals surface area contributed by atoms with E-state index < -0.39 is 0 Å². The SMILES string of the molecule is Cn1c(=O)n(CC(=O)c2ccc3c(c2)CCCC3)c2ccccc21. The molecule has 24 heavy (non-hydrogen) atoms. The van der Waals surface area contributed by atoms with E-state index >= 15 is 0 Å². The lowest BCUT2D eigenvalue weighted by atomic mass is 9.90. The lowest BCUT2D eigenvalue weighted by Gasteiger charge is -2.16. The molecule has 0 amide bonds. The second-order valence-electron chi connectivity index (χ2n) is 6.53. The molecule has 0 radical (unpaired) electrons. The van der Waals surface area contributed by atoms with Gasteiger partial charge < -0.3 is 0 Å². The van der Waals surface area contributed by atoms with Crippen molar-refractivity contribution in [2.45, 2.75) is 32.2 Å². The van der Waals surface area contributed by atoms with Crippen molar-refractivity contribution in [3.05, 3.63) is 69.6 Å². The smallest absolute Gasteiger partial charge is 0.295 e. The molecular weight excluding hydrogens is 300 g/mol. The lowest BCUT2D eigenvalue weighted by Crippen LogP contribution is -2.25. The number of carbonyl (C=O) groups excluding carboxylic acids is 1. The Hall–Kier alpha value is -2.62. The molecule has 0 bridgehead atoms. The molecule has 0 N–H and O–H groups in total. The van der Waals surface area contributed by atoms with Crippen LogP contribution in [0.1, 0.15) is 34.3 Å². The molecule has 0 aliphatic heterocycles. The van der Waals surface area contributed by atoms with E-state index in [2.05, 4.69) is 6.07 Å². The van der Waals surface area contributed by atoms with E-state index in [4.69, 9.17) is 0 Å². The van der Waals surface area contributed by atoms with Crippen LogP contribution in [0.15, 0.2) is 47.3 Å². The van der Waals surface area contributed by atoms with Gasteiger partial charge in [0.05, 0.1) is 17.6 Å². The summed E-state index contributed by atoms with van der Waals surface area (Å²) in [5, 5.41) is 0. The number of aromatic nitrogens is 2. The molecule has 1 heterocycles. The molecule has 3 aromatic rings. The Labute approximate surface area is 140 Å². The topological polar surface area (TPSA) is 44.0 Å². The van der Waals surface area contributed by atoms with Crippen molar-refractivity contribution >= 4 is 16.8 Å². The molecule has 4 nitrogen and oxygen atoms in total. The second-order valence-corrected chi connectivity index (χ2v) is 6.53. The van der Waals surface area contributed by atoms with E-state index in [1.807, 2.05) is 36.4 Å². The largest absolute Gasteiger partial charge is 0.329 e. The minimum absolute atomic E-state index is 0.0122. The molecule has 122 valence electrons. The Balaban J connectivity index is 1.70. The fraction of sp³-hybridized carbons (Fsp3) is 0.300. The average Bonchev–Trinajstić information content (AvgIpc) is 2.86. The molecule has 4 rings (SSSR count). The van der Waals surface area contributed by atoms with E-state index in [1.165, 1.54) is 24.0 Å². The van der Waals surface area contributed by atoms with Crippen LogP contribution in [0, 0.1) is 0 Å². The third-order valence-corrected chi connectivity index (χ3v) is 5.02. The van der Waals surface area contributed by atoms with Gasteiger partial charge in [-0.1, -0.05) is 24.3 Å². The predicted molar refractivity (Wildman–Crippen MR) is 94.6 cm³/mol. The van der Waals surface area contributed by atoms with E-state index in [9.17, 15) is 9.59 Å². The van der Waals surface area contributed by atoms with Gasteiger partial charge in [0.1, 0.15) is 0 Å². The number of rotatable bonds is 3. The Bertz CT molecular complexity index is 995. The first-order valence-electron chi connectivity index (χ1n) is 8.44. The van der Waals surface area contributed by atoms with E-state index in [-0.39, 0.29) is 18.0 Å². The van der Waals surface area contributed by atoms with Crippen molar-refractivity contribution in [1.82, 2.24) is 9.13 Å². The summed E-state index contributed by atoms with van der Waals surface area (Å²) in [5.74, 6) is -0.0122. The Morgan fingerprint density at radius 3 is 2.50 bits per heavy atom. The van der Waals surface area contributed by atoms with Crippen molar-refractivity contribution in [3.63, 3.8) is 0 Å². The van der Waals surface area contributed by atoms with Crippen LogP contribution in [0.4, 0.5) is 0 Å². The second kappa shape index (κ2) is 5.78. The number of ketones is 1. The van der Waals surface area contributed by atoms with Crippen LogP contribution in [-0.4, -0.2) is 14.9 Å². The van der Waals surface area contributed by atoms with Crippen molar-refractivity contribution in [2.75, 3.05) is 0 Å². The Kier molecular flexibility index (Phi) is 3.60. The zero-order valence-electron chi connectivity index (χ0n) is 13.8. The van der Waals surface area contributed by atoms with Crippen LogP contribution in [-0.2, 0) is 26.4 Å². The van der Waals surface area contributed by atoms with Crippen molar-refractivity contribution in [1.29, 1.82) is 0 Å². The van der Waals surface area contributed by atoms with E-state index in [0.29, 0.717) is 5.56 Å². The number of Topliss-reactive ketones (excluding diaryl/α,β-unsaturated/α-hetero) is 1. The maximum Gasteiger partial charge on any atom is 0.329 e. The van der Waals surface area contributed by atoms with Gasteiger partial charge in [-0.05, 0) is 55.0 Å². The Morgan fingerprint density at radius 1 is 1.00 bits per heavy atom. The number of nitrogens with zero attached hydrogens (tertiary/aromatic N) is 2. The van der Waals surface area contributed by atoms with E-state index in [0.717, 1.165) is 23.9 Å². The van der Waals surface area contributed by atoms with Crippen molar-refractivity contribution < 1.29 is 4.79 Å². The van der Waals surface area contributed by atoms with Crippen LogP contribution in [0.25, 0.3) is 11.0 Å². The monoisotopic (exact) mass is 320 g/mol. The summed E-state index contributed by atoms with van der Waals surface area (Å²) < 4.78 is 3.16. The highest BCUT2D eigenvalue weighted by Crippen LogP contribution is 2.22. The van der Waals surface area contributed by atoms with Crippen LogP contribution >= 0.6 is 0 Å². The van der Waals surface area contributed by atoms with Gasteiger partial charge in [0.25, 0.3) is 0 Å². The zero-order valence-corrected chi connectivity index (χ0v) is 13.8. The number of para-hydroxylation sites is 2. The number of aryl methyl sites for hydroxylation is 3. The van der Waals surface area contributed by atoms with Crippen LogP contribution in [0.5, 0.6) is 0 Å². The maximum absolute atomic E-state index is 12.7. The summed E-state index contributed by atoms with van der Waals surface area (Å²) in [5.41, 5.74) is 4.85. The molecule has 0 saturated carbocycles. The number of carbonyl (C=O) groups is 1. The van der Waals surface area contributed by atoms with Crippen LogP contribution < -0.4 is 5.69 Å². The van der Waals surface area contributed by atoms with Crippen LogP contribution in [0.3, 0.4) is 0 Å². The summed E-state index contributed by atoms with van der Waals surface area (Å²) in [6, 6.07) is 13.6. The fourth-order valence-corrected chi connectivity index (χ4v) is 3.66. The molecule has 1 aromatic heterocycles. The van der Waals surface area contributed by atoms with Crippen LogP contribution in [0.2, 0.25) is 0 Å². The molecule has 0 saturated heterocycles. The number of imidazole rings is 1. The number of benzene rings is 2. The van der Waals surface area contributed by atoms with Gasteiger partial charge in [0, 0.05) is 12.6 Å². The van der Waals surface area contributed by atoms with Gasteiger partial charge >= 0.3 is 5.69 Å². The quantitative estimate of drug-likeness (QED) is 0.696. The average molecular weight is 320 g/mol. The number of fused-ring (bicyclic) bond motifs is 2. The normalized spacial score (nSPS) is 13.9. The molecule has 1 aliphatic rings. The highest BCUT2D eigenvalue weighted by molar-refractivity contribution is 5.97. The molecule has 2 aromatic carbocycles. The molecular formula is C20H20N2O2. The summed E-state index contributed by atoms with van der Waals surface area (Å²) in [4.78, 5) is 25.2. The highest BCUT2D eigenvalue weighted by atomic mass is 16.2. The standard InChI is InChI=1S/C20H20N2O2/c1-21-17-8-4-5-9-18(17)22(20(21)24)13-19(23)16-11-10-14-6-2-3-7-15(14)12-16/h4-5,8-12H,2-3,6-7,13H2,1H3. The summed E-state index contributed by atoms with van der Waals surface area (Å²) in [6.45, 7) is 0.0823. The summed E-state index contributed by atoms with van der Waals surface area (Å²) in [7, 11) is 1.74. The maximum atomic E-state index is 12.7. The Morgan fingerprint density at radius 2 is 1.71 bits per heavy atom. The first-order chi connectivity index (χ1) is 11.6. The lowest BCUT2D eigenvalue weighted by molar-refractivity contribution is 0.0972. The summed E-state index contributed by atoms with van der Waals surface area (Å²) in [6.07, 6.45) is 4.57. The molecule has 4 heteroatoms. The summed E-state index contributed by atoms with van der Waals surface area (Å²) >= 11 is 0. The molecule has 1 aliphatic carbocycles. The first-order valence-corrected chi connectivity index (χ1v) is 8.44. The van der Waals surface area contributed by atoms with Crippen molar-refractivity contribution in [2.24, 2.45) is 7.05 Å². The molecule has 0 spiro atoms. The highest BCUT2D eigenvalue weighted by Gasteiger charge is 2.16. The van der Waals surface area contributed by atoms with Gasteiger partial charge in [-0.3, -0.25) is 13.9 Å². The first kappa shape index (κ1) is 14.9. The molecule has 0 unspecified atom stereocenters. The number of hydrogen-bond donors (Lipinski definition) is 0. The van der Waals surface area contributed by atoms with Gasteiger partial charge in [0.2, 0.25) is 0 Å². The van der Waals surface area contributed by atoms with Gasteiger partial charge in [-0.25, -0.2) is 4.79 Å². The van der Waals surface area contributed by atoms with Crippen molar-refractivity contribution in [3.8, 4) is 0 Å². The third-order valence-electron chi connectivity index (χ3n) is 5.02. The fourth-order valence-electron chi connectivity index (χ4n) is 3.66. The minimum atomic E-state index is -0.150.